The van der Waals surface area contributed by atoms with E-state index in [9.17, 15) is 0 Å². The first-order valence-electron chi connectivity index (χ1n) is 5.24. The largest absolute Gasteiger partial charge is 0.436 e. The van der Waals surface area contributed by atoms with Gasteiger partial charge in [0.05, 0.1) is 0 Å². The summed E-state index contributed by atoms with van der Waals surface area (Å²) in [7, 11) is 1.95. The minimum atomic E-state index is 0.614. The lowest BCUT2D eigenvalue weighted by atomic mass is 10.2. The summed E-state index contributed by atoms with van der Waals surface area (Å²) < 4.78 is 7.62. The fourth-order valence-electron chi connectivity index (χ4n) is 1.69. The average molecular weight is 246 g/mol. The first-order valence-corrected chi connectivity index (χ1v) is 5.62. The number of benzene rings is 1. The van der Waals surface area contributed by atoms with Gasteiger partial charge in [-0.3, -0.25) is 0 Å². The number of fused-ring (bicyclic) bond motifs is 1. The van der Waals surface area contributed by atoms with E-state index in [1.54, 1.807) is 0 Å². The predicted molar refractivity (Wildman–Crippen MR) is 65.6 cm³/mol. The van der Waals surface area contributed by atoms with E-state index in [2.05, 4.69) is 4.98 Å². The second-order valence-corrected chi connectivity index (χ2v) is 4.32. The Morgan fingerprint density at radius 1 is 1.18 bits per heavy atom. The number of rotatable bonds is 1. The Morgan fingerprint density at radius 3 is 2.71 bits per heavy atom. The summed E-state index contributed by atoms with van der Waals surface area (Å²) in [6.45, 7) is 0. The molecule has 3 rings (SSSR count). The molecule has 0 saturated heterocycles. The molecule has 17 heavy (non-hydrogen) atoms. The Labute approximate surface area is 103 Å². The molecule has 0 amide bonds. The van der Waals surface area contributed by atoms with Crippen molar-refractivity contribution in [2.24, 2.45) is 7.05 Å². The first kappa shape index (κ1) is 10.3. The molecule has 0 spiro atoms. The van der Waals surface area contributed by atoms with Crippen molar-refractivity contribution in [2.45, 2.75) is 0 Å². The number of nitrogens with zero attached hydrogens (tertiary/aromatic N) is 2. The maximum absolute atomic E-state index is 5.84. The monoisotopic (exact) mass is 245 g/mol. The van der Waals surface area contributed by atoms with Crippen molar-refractivity contribution in [3.8, 4) is 11.5 Å². The molecule has 0 atom stereocenters. The third kappa shape index (κ3) is 1.89. The average Bonchev–Trinajstić information content (AvgIpc) is 2.72. The summed E-state index contributed by atoms with van der Waals surface area (Å²) in [6, 6.07) is 9.35. The summed E-state index contributed by atoms with van der Waals surface area (Å²) in [5, 5.41) is 0.705. The Hall–Kier alpha value is -1.87. The van der Waals surface area contributed by atoms with Crippen LogP contribution in [0.25, 0.3) is 22.6 Å². The van der Waals surface area contributed by atoms with Gasteiger partial charge in [0.25, 0.3) is 0 Å². The molecule has 0 bridgehead atoms. The first-order chi connectivity index (χ1) is 8.22. The summed E-state index contributed by atoms with van der Waals surface area (Å²) in [5.74, 6) is 0.614. The number of pyridine rings is 1. The second kappa shape index (κ2) is 3.86. The highest BCUT2D eigenvalue weighted by Gasteiger charge is 2.10. The molecule has 0 saturated carbocycles. The minimum absolute atomic E-state index is 0.614. The fraction of sp³-hybridized carbons (Fsp3) is 0.0769. The van der Waals surface area contributed by atoms with E-state index in [1.807, 2.05) is 54.3 Å². The normalized spacial score (nSPS) is 10.9. The van der Waals surface area contributed by atoms with Crippen LogP contribution in [0.4, 0.5) is 0 Å². The third-order valence-electron chi connectivity index (χ3n) is 2.56. The molecule has 0 radical (unpaired) electrons. The SMILES string of the molecule is C[n+]1ccc2oc(-c3ccc(Cl)cc3)nc2c1. The van der Waals surface area contributed by atoms with Crippen LogP contribution in [0.2, 0.25) is 5.02 Å². The lowest BCUT2D eigenvalue weighted by Gasteiger charge is -1.93. The third-order valence-corrected chi connectivity index (χ3v) is 2.81. The zero-order chi connectivity index (χ0) is 11.8. The molecular formula is C13H10ClN2O+. The Bertz CT molecular complexity index is 673. The number of aromatic nitrogens is 2. The van der Waals surface area contributed by atoms with E-state index in [0.717, 1.165) is 16.7 Å². The van der Waals surface area contributed by atoms with Gasteiger partial charge in [-0.1, -0.05) is 11.6 Å². The zero-order valence-electron chi connectivity index (χ0n) is 9.22. The standard InChI is InChI=1S/C13H10ClN2O/c1-16-7-6-12-11(8-16)15-13(17-12)9-2-4-10(14)5-3-9/h2-8H,1H3/q+1. The second-order valence-electron chi connectivity index (χ2n) is 3.89. The van der Waals surface area contributed by atoms with Crippen LogP contribution in [0.1, 0.15) is 0 Å². The lowest BCUT2D eigenvalue weighted by molar-refractivity contribution is -0.670. The van der Waals surface area contributed by atoms with E-state index in [4.69, 9.17) is 16.0 Å². The van der Waals surface area contributed by atoms with Gasteiger partial charge < -0.3 is 4.42 Å². The van der Waals surface area contributed by atoms with Crippen LogP contribution in [0.3, 0.4) is 0 Å². The predicted octanol–water partition coefficient (Wildman–Crippen LogP) is 2.97. The molecule has 0 N–H and O–H groups in total. The molecule has 2 aromatic heterocycles. The fourth-order valence-corrected chi connectivity index (χ4v) is 1.82. The highest BCUT2D eigenvalue weighted by Crippen LogP contribution is 2.24. The van der Waals surface area contributed by atoms with E-state index in [1.165, 1.54) is 0 Å². The molecule has 0 unspecified atom stereocenters. The highest BCUT2D eigenvalue weighted by atomic mass is 35.5. The van der Waals surface area contributed by atoms with Crippen LogP contribution < -0.4 is 4.57 Å². The zero-order valence-corrected chi connectivity index (χ0v) is 9.98. The van der Waals surface area contributed by atoms with E-state index < -0.39 is 0 Å². The van der Waals surface area contributed by atoms with Crippen LogP contribution >= 0.6 is 11.6 Å². The van der Waals surface area contributed by atoms with Gasteiger partial charge in [0, 0.05) is 16.7 Å². The molecule has 4 heteroatoms. The van der Waals surface area contributed by atoms with Crippen molar-refractivity contribution in [2.75, 3.05) is 0 Å². The molecule has 0 fully saturated rings. The molecule has 3 nitrogen and oxygen atoms in total. The topological polar surface area (TPSA) is 29.9 Å². The molecule has 84 valence electrons. The Balaban J connectivity index is 2.14. The van der Waals surface area contributed by atoms with E-state index >= 15 is 0 Å². The van der Waals surface area contributed by atoms with Crippen LogP contribution in [0, 0.1) is 0 Å². The number of halogens is 1. The van der Waals surface area contributed by atoms with Crippen molar-refractivity contribution in [3.63, 3.8) is 0 Å². The van der Waals surface area contributed by atoms with Crippen molar-refractivity contribution < 1.29 is 8.98 Å². The van der Waals surface area contributed by atoms with Gasteiger partial charge in [0.15, 0.2) is 23.5 Å². The van der Waals surface area contributed by atoms with Gasteiger partial charge in [-0.05, 0) is 24.3 Å². The summed E-state index contributed by atoms with van der Waals surface area (Å²) in [6.07, 6.45) is 3.86. The number of hydrogen-bond acceptors (Lipinski definition) is 2. The van der Waals surface area contributed by atoms with E-state index in [-0.39, 0.29) is 0 Å². The van der Waals surface area contributed by atoms with E-state index in [0.29, 0.717) is 10.9 Å². The van der Waals surface area contributed by atoms with Gasteiger partial charge in [0.2, 0.25) is 5.89 Å². The van der Waals surface area contributed by atoms with Gasteiger partial charge in [0.1, 0.15) is 7.05 Å². The quantitative estimate of drug-likeness (QED) is 0.617. The van der Waals surface area contributed by atoms with Crippen LogP contribution in [0.15, 0.2) is 47.1 Å². The maximum Gasteiger partial charge on any atom is 0.227 e. The van der Waals surface area contributed by atoms with Crippen LogP contribution in [0.5, 0.6) is 0 Å². The van der Waals surface area contributed by atoms with Crippen molar-refractivity contribution in [1.29, 1.82) is 0 Å². The molecule has 2 heterocycles. The van der Waals surface area contributed by atoms with Crippen LogP contribution in [-0.2, 0) is 7.05 Å². The number of hydrogen-bond donors (Lipinski definition) is 0. The lowest BCUT2D eigenvalue weighted by Crippen LogP contribution is -2.25. The summed E-state index contributed by atoms with van der Waals surface area (Å²) >= 11 is 5.84. The highest BCUT2D eigenvalue weighted by molar-refractivity contribution is 6.30. The minimum Gasteiger partial charge on any atom is -0.436 e. The summed E-state index contributed by atoms with van der Waals surface area (Å²) in [4.78, 5) is 4.44. The Morgan fingerprint density at radius 2 is 1.94 bits per heavy atom. The van der Waals surface area contributed by atoms with Crippen LogP contribution in [-0.4, -0.2) is 4.98 Å². The van der Waals surface area contributed by atoms with Gasteiger partial charge in [-0.2, -0.15) is 0 Å². The molecule has 0 aliphatic rings. The Kier molecular flexibility index (Phi) is 2.34. The van der Waals surface area contributed by atoms with Crippen molar-refractivity contribution in [1.82, 2.24) is 4.98 Å². The van der Waals surface area contributed by atoms with Gasteiger partial charge in [-0.25, -0.2) is 9.55 Å². The molecular weight excluding hydrogens is 236 g/mol. The molecule has 1 aromatic carbocycles. The molecule has 3 aromatic rings. The molecule has 0 aliphatic heterocycles. The van der Waals surface area contributed by atoms with Crippen molar-refractivity contribution in [3.05, 3.63) is 47.7 Å². The maximum atomic E-state index is 5.84. The van der Waals surface area contributed by atoms with Gasteiger partial charge >= 0.3 is 0 Å². The summed E-state index contributed by atoms with van der Waals surface area (Å²) in [5.41, 5.74) is 2.56. The smallest absolute Gasteiger partial charge is 0.227 e. The molecule has 0 aliphatic carbocycles. The number of oxazole rings is 1. The van der Waals surface area contributed by atoms with Crippen molar-refractivity contribution >= 4 is 22.7 Å². The van der Waals surface area contributed by atoms with Gasteiger partial charge in [-0.15, -0.1) is 0 Å². The number of aryl methyl sites for hydroxylation is 1.